The lowest BCUT2D eigenvalue weighted by Crippen LogP contribution is -1.88. The molecule has 0 spiro atoms. The van der Waals surface area contributed by atoms with Gasteiger partial charge in [0.25, 0.3) is 0 Å². The van der Waals surface area contributed by atoms with E-state index in [1.807, 2.05) is 6.07 Å². The average Bonchev–Trinajstić information content (AvgIpc) is 2.37. The number of hydrogen-bond donors (Lipinski definition) is 0. The van der Waals surface area contributed by atoms with Crippen molar-refractivity contribution in [3.63, 3.8) is 0 Å². The van der Waals surface area contributed by atoms with Gasteiger partial charge in [0.15, 0.2) is 0 Å². The Kier molecular flexibility index (Phi) is 1.78. The summed E-state index contributed by atoms with van der Waals surface area (Å²) < 4.78 is 1.79. The van der Waals surface area contributed by atoms with Crippen molar-refractivity contribution >= 4 is 0 Å². The minimum absolute atomic E-state index is 0.529. The van der Waals surface area contributed by atoms with Gasteiger partial charge >= 0.3 is 0 Å². The molecule has 48 valence electrons. The number of nitriles is 1. The van der Waals surface area contributed by atoms with Crippen LogP contribution in [0.5, 0.6) is 0 Å². The quantitative estimate of drug-likeness (QED) is 0.521. The van der Waals surface area contributed by atoms with Crippen LogP contribution in [0.4, 0.5) is 0 Å². The van der Waals surface area contributed by atoms with Crippen LogP contribution in [0.15, 0.2) is 18.5 Å². The first-order chi connectivity index (χ1) is 4.86. The molecule has 0 saturated carbocycles. The number of terminal acetylenes is 1. The van der Waals surface area contributed by atoms with Crippen LogP contribution in [0.2, 0.25) is 0 Å². The van der Waals surface area contributed by atoms with Crippen LogP contribution in [0, 0.1) is 23.7 Å². The Balaban J connectivity index is 2.83. The van der Waals surface area contributed by atoms with Gasteiger partial charge in [-0.15, -0.1) is 6.42 Å². The van der Waals surface area contributed by atoms with Gasteiger partial charge in [-0.1, -0.05) is 5.92 Å². The number of rotatable bonds is 1. The highest BCUT2D eigenvalue weighted by molar-refractivity contribution is 5.25. The van der Waals surface area contributed by atoms with Crippen molar-refractivity contribution in [2.75, 3.05) is 0 Å². The molecule has 0 unspecified atom stereocenters. The van der Waals surface area contributed by atoms with Gasteiger partial charge < -0.3 is 4.57 Å². The van der Waals surface area contributed by atoms with Crippen molar-refractivity contribution in [3.8, 4) is 18.4 Å². The first-order valence-electron chi connectivity index (χ1n) is 2.86. The predicted molar refractivity (Wildman–Crippen MR) is 38.0 cm³/mol. The molecule has 0 atom stereocenters. The van der Waals surface area contributed by atoms with E-state index in [1.54, 1.807) is 23.0 Å². The van der Waals surface area contributed by atoms with Crippen LogP contribution in [0.25, 0.3) is 0 Å². The Hall–Kier alpha value is -1.67. The van der Waals surface area contributed by atoms with Gasteiger partial charge in [-0.3, -0.25) is 0 Å². The molecule has 0 radical (unpaired) electrons. The van der Waals surface area contributed by atoms with Gasteiger partial charge in [0, 0.05) is 12.4 Å². The fourth-order valence-electron chi connectivity index (χ4n) is 0.711. The molecule has 1 aromatic rings. The average molecular weight is 130 g/mol. The van der Waals surface area contributed by atoms with Crippen LogP contribution in [0.1, 0.15) is 5.56 Å². The minimum Gasteiger partial charge on any atom is -0.341 e. The molecule has 10 heavy (non-hydrogen) atoms. The summed E-state index contributed by atoms with van der Waals surface area (Å²) in [5, 5.41) is 8.40. The topological polar surface area (TPSA) is 28.7 Å². The Labute approximate surface area is 59.7 Å². The molecule has 0 saturated heterocycles. The van der Waals surface area contributed by atoms with E-state index in [2.05, 4.69) is 5.92 Å². The zero-order chi connectivity index (χ0) is 7.40. The van der Waals surface area contributed by atoms with E-state index >= 15 is 0 Å². The second-order valence-electron chi connectivity index (χ2n) is 1.89. The van der Waals surface area contributed by atoms with Gasteiger partial charge in [0.2, 0.25) is 0 Å². The van der Waals surface area contributed by atoms with Gasteiger partial charge in [0.1, 0.15) is 6.07 Å². The molecule has 2 heteroatoms. The number of hydrogen-bond acceptors (Lipinski definition) is 1. The molecule has 2 nitrogen and oxygen atoms in total. The van der Waals surface area contributed by atoms with E-state index in [4.69, 9.17) is 11.7 Å². The molecule has 0 aliphatic rings. The zero-order valence-corrected chi connectivity index (χ0v) is 5.41. The monoisotopic (exact) mass is 130 g/mol. The van der Waals surface area contributed by atoms with E-state index in [-0.39, 0.29) is 0 Å². The predicted octanol–water partition coefficient (Wildman–Crippen LogP) is 0.993. The summed E-state index contributed by atoms with van der Waals surface area (Å²) in [6, 6.07) is 3.75. The molecular formula is C8H6N2. The third kappa shape index (κ3) is 1.18. The molecule has 0 fully saturated rings. The Morgan fingerprint density at radius 2 is 2.50 bits per heavy atom. The SMILES string of the molecule is C#CCn1ccc(C#N)c1. The highest BCUT2D eigenvalue weighted by atomic mass is 14.9. The van der Waals surface area contributed by atoms with Crippen LogP contribution in [0.3, 0.4) is 0 Å². The molecule has 0 aromatic carbocycles. The fourth-order valence-corrected chi connectivity index (χ4v) is 0.711. The van der Waals surface area contributed by atoms with Crippen molar-refractivity contribution in [1.82, 2.24) is 4.57 Å². The summed E-state index contributed by atoms with van der Waals surface area (Å²) in [6.45, 7) is 0.529. The number of nitrogens with zero attached hydrogens (tertiary/aromatic N) is 2. The molecule has 0 bridgehead atoms. The molecule has 0 amide bonds. The third-order valence-corrected chi connectivity index (χ3v) is 1.15. The van der Waals surface area contributed by atoms with E-state index in [0.717, 1.165) is 0 Å². The van der Waals surface area contributed by atoms with Gasteiger partial charge in [-0.05, 0) is 6.07 Å². The van der Waals surface area contributed by atoms with Crippen LogP contribution < -0.4 is 0 Å². The van der Waals surface area contributed by atoms with Crippen molar-refractivity contribution in [1.29, 1.82) is 5.26 Å². The molecule has 1 aromatic heterocycles. The molecular weight excluding hydrogens is 124 g/mol. The second-order valence-corrected chi connectivity index (χ2v) is 1.89. The highest BCUT2D eigenvalue weighted by Gasteiger charge is 1.90. The smallest absolute Gasteiger partial charge is 0.101 e. The van der Waals surface area contributed by atoms with Crippen LogP contribution in [-0.4, -0.2) is 4.57 Å². The maximum absolute atomic E-state index is 8.40. The van der Waals surface area contributed by atoms with Crippen molar-refractivity contribution in [2.45, 2.75) is 6.54 Å². The summed E-state index contributed by atoms with van der Waals surface area (Å²) in [7, 11) is 0. The Bertz CT molecular complexity index is 296. The second kappa shape index (κ2) is 2.75. The van der Waals surface area contributed by atoms with Crippen molar-refractivity contribution < 1.29 is 0 Å². The summed E-state index contributed by atoms with van der Waals surface area (Å²) in [5.74, 6) is 2.47. The third-order valence-electron chi connectivity index (χ3n) is 1.15. The Morgan fingerprint density at radius 1 is 1.70 bits per heavy atom. The van der Waals surface area contributed by atoms with Crippen LogP contribution in [-0.2, 0) is 6.54 Å². The van der Waals surface area contributed by atoms with E-state index in [1.165, 1.54) is 0 Å². The summed E-state index contributed by atoms with van der Waals surface area (Å²) in [4.78, 5) is 0. The first-order valence-corrected chi connectivity index (χ1v) is 2.86. The molecule has 0 aliphatic heterocycles. The zero-order valence-electron chi connectivity index (χ0n) is 5.41. The lowest BCUT2D eigenvalue weighted by atomic mass is 10.4. The van der Waals surface area contributed by atoms with Gasteiger partial charge in [-0.25, -0.2) is 0 Å². The van der Waals surface area contributed by atoms with Gasteiger partial charge in [0.05, 0.1) is 12.1 Å². The summed E-state index contributed by atoms with van der Waals surface area (Å²) in [6.07, 6.45) is 8.57. The summed E-state index contributed by atoms with van der Waals surface area (Å²) >= 11 is 0. The van der Waals surface area contributed by atoms with Crippen molar-refractivity contribution in [2.24, 2.45) is 0 Å². The molecule has 1 rings (SSSR count). The molecule has 1 heterocycles. The summed E-state index contributed by atoms with van der Waals surface area (Å²) in [5.41, 5.74) is 0.648. The van der Waals surface area contributed by atoms with E-state index in [0.29, 0.717) is 12.1 Å². The molecule has 0 aliphatic carbocycles. The molecule has 0 N–H and O–H groups in total. The van der Waals surface area contributed by atoms with Gasteiger partial charge in [-0.2, -0.15) is 5.26 Å². The highest BCUT2D eigenvalue weighted by Crippen LogP contribution is 1.97. The maximum atomic E-state index is 8.40. The lowest BCUT2D eigenvalue weighted by Gasteiger charge is -1.89. The van der Waals surface area contributed by atoms with E-state index in [9.17, 15) is 0 Å². The maximum Gasteiger partial charge on any atom is 0.101 e. The van der Waals surface area contributed by atoms with Crippen molar-refractivity contribution in [3.05, 3.63) is 24.0 Å². The number of aromatic nitrogens is 1. The normalized spacial score (nSPS) is 8.20. The standard InChI is InChI=1S/C8H6N2/c1-2-4-10-5-3-8(6-9)7-10/h1,3,5,7H,4H2. The largest absolute Gasteiger partial charge is 0.341 e. The first kappa shape index (κ1) is 6.45. The minimum atomic E-state index is 0.529. The lowest BCUT2D eigenvalue weighted by molar-refractivity contribution is 0.850. The Morgan fingerprint density at radius 3 is 3.00 bits per heavy atom. The van der Waals surface area contributed by atoms with E-state index < -0.39 is 0 Å². The fraction of sp³-hybridized carbons (Fsp3) is 0.125. The van der Waals surface area contributed by atoms with Crippen LogP contribution >= 0.6 is 0 Å².